The molecule has 3 heteroatoms. The van der Waals surface area contributed by atoms with Gasteiger partial charge in [0.1, 0.15) is 5.60 Å². The van der Waals surface area contributed by atoms with E-state index >= 15 is 0 Å². The minimum Gasteiger partial charge on any atom is -0.363 e. The summed E-state index contributed by atoms with van der Waals surface area (Å²) in [6.07, 6.45) is 0.493. The molecule has 3 nitrogen and oxygen atoms in total. The molecule has 0 aliphatic heterocycles. The number of hydrogen-bond acceptors (Lipinski definition) is 3. The molecule has 0 spiro atoms. The van der Waals surface area contributed by atoms with Crippen molar-refractivity contribution in [3.8, 4) is 0 Å². The summed E-state index contributed by atoms with van der Waals surface area (Å²) in [5.74, 6) is -1.21. The highest BCUT2D eigenvalue weighted by molar-refractivity contribution is 4.82. The summed E-state index contributed by atoms with van der Waals surface area (Å²) in [7, 11) is 0. The first-order valence-electron chi connectivity index (χ1n) is 5.11. The first kappa shape index (κ1) is 13.9. The van der Waals surface area contributed by atoms with Crippen LogP contribution in [0.15, 0.2) is 0 Å². The molecule has 0 aromatic rings. The van der Waals surface area contributed by atoms with Gasteiger partial charge in [0, 0.05) is 6.42 Å². The van der Waals surface area contributed by atoms with Crippen molar-refractivity contribution >= 4 is 0 Å². The highest BCUT2D eigenvalue weighted by Gasteiger charge is 2.37. The van der Waals surface area contributed by atoms with Crippen molar-refractivity contribution in [2.45, 2.75) is 66.3 Å². The van der Waals surface area contributed by atoms with E-state index < -0.39 is 11.4 Å². The van der Waals surface area contributed by atoms with E-state index in [2.05, 4.69) is 20.8 Å². The standard InChI is InChI=1S/C11H24O3/c1-8-11(7,12)14-13-10(5,6)9(2,3)4/h12H,8H2,1-7H3. The van der Waals surface area contributed by atoms with Crippen LogP contribution in [0.2, 0.25) is 0 Å². The lowest BCUT2D eigenvalue weighted by molar-refractivity contribution is -0.461. The predicted octanol–water partition coefficient (Wildman–Crippen LogP) is 2.88. The third kappa shape index (κ3) is 3.95. The van der Waals surface area contributed by atoms with Crippen LogP contribution in [0.25, 0.3) is 0 Å². The highest BCUT2D eigenvalue weighted by Crippen LogP contribution is 2.34. The van der Waals surface area contributed by atoms with Crippen LogP contribution in [0.1, 0.15) is 54.9 Å². The predicted molar refractivity (Wildman–Crippen MR) is 56.6 cm³/mol. The van der Waals surface area contributed by atoms with E-state index in [4.69, 9.17) is 9.78 Å². The van der Waals surface area contributed by atoms with Crippen molar-refractivity contribution < 1.29 is 14.9 Å². The zero-order valence-electron chi connectivity index (χ0n) is 10.5. The van der Waals surface area contributed by atoms with E-state index in [0.717, 1.165) is 0 Å². The highest BCUT2D eigenvalue weighted by atomic mass is 17.2. The van der Waals surface area contributed by atoms with Gasteiger partial charge in [-0.3, -0.25) is 0 Å². The van der Waals surface area contributed by atoms with Crippen LogP contribution < -0.4 is 0 Å². The molecule has 0 aromatic carbocycles. The van der Waals surface area contributed by atoms with Gasteiger partial charge in [0.15, 0.2) is 5.79 Å². The largest absolute Gasteiger partial charge is 0.363 e. The summed E-state index contributed by atoms with van der Waals surface area (Å²) in [4.78, 5) is 10.3. The summed E-state index contributed by atoms with van der Waals surface area (Å²) in [6, 6.07) is 0. The quantitative estimate of drug-likeness (QED) is 0.435. The fourth-order valence-corrected chi connectivity index (χ4v) is 0.378. The Morgan fingerprint density at radius 1 is 0.929 bits per heavy atom. The van der Waals surface area contributed by atoms with Crippen LogP contribution in [0.4, 0.5) is 0 Å². The molecule has 0 radical (unpaired) electrons. The average Bonchev–Trinajstić information content (AvgIpc) is 1.99. The van der Waals surface area contributed by atoms with Crippen LogP contribution in [0, 0.1) is 5.41 Å². The molecule has 1 unspecified atom stereocenters. The third-order valence-electron chi connectivity index (χ3n) is 2.89. The van der Waals surface area contributed by atoms with Gasteiger partial charge >= 0.3 is 0 Å². The second-order valence-corrected chi connectivity index (χ2v) is 5.46. The molecule has 1 N–H and O–H groups in total. The Morgan fingerprint density at radius 2 is 1.36 bits per heavy atom. The van der Waals surface area contributed by atoms with Crippen LogP contribution in [0.3, 0.4) is 0 Å². The summed E-state index contributed by atoms with van der Waals surface area (Å²) in [5.41, 5.74) is -0.483. The maximum Gasteiger partial charge on any atom is 0.196 e. The monoisotopic (exact) mass is 204 g/mol. The molecule has 0 amide bonds. The Morgan fingerprint density at radius 3 is 1.64 bits per heavy atom. The lowest BCUT2D eigenvalue weighted by Gasteiger charge is -2.38. The van der Waals surface area contributed by atoms with Gasteiger partial charge in [-0.2, -0.15) is 0 Å². The van der Waals surface area contributed by atoms with E-state index in [0.29, 0.717) is 6.42 Å². The summed E-state index contributed by atoms with van der Waals surface area (Å²) < 4.78 is 0. The molecule has 0 aliphatic carbocycles. The van der Waals surface area contributed by atoms with Crippen molar-refractivity contribution in [3.63, 3.8) is 0 Å². The van der Waals surface area contributed by atoms with Gasteiger partial charge in [-0.05, 0) is 26.2 Å². The Kier molecular flexibility index (Phi) is 4.13. The Bertz CT molecular complexity index is 177. The normalized spacial score (nSPS) is 18.0. The van der Waals surface area contributed by atoms with Crippen molar-refractivity contribution in [2.24, 2.45) is 5.41 Å². The van der Waals surface area contributed by atoms with Gasteiger partial charge in [-0.25, -0.2) is 9.78 Å². The van der Waals surface area contributed by atoms with E-state index in [1.165, 1.54) is 0 Å². The van der Waals surface area contributed by atoms with Crippen LogP contribution in [-0.2, 0) is 9.78 Å². The Balaban J connectivity index is 4.27. The van der Waals surface area contributed by atoms with E-state index in [1.54, 1.807) is 6.92 Å². The molecular formula is C11H24O3. The minimum atomic E-state index is -1.21. The van der Waals surface area contributed by atoms with Gasteiger partial charge in [0.05, 0.1) is 0 Å². The van der Waals surface area contributed by atoms with E-state index in [-0.39, 0.29) is 5.41 Å². The molecule has 0 saturated carbocycles. The summed E-state index contributed by atoms with van der Waals surface area (Å²) >= 11 is 0. The maximum atomic E-state index is 9.61. The molecule has 0 bridgehead atoms. The Labute approximate surface area is 87.3 Å². The number of rotatable bonds is 4. The zero-order valence-corrected chi connectivity index (χ0v) is 10.5. The molecule has 1 atom stereocenters. The summed E-state index contributed by atoms with van der Waals surface area (Å²) in [5, 5.41) is 9.61. The first-order chi connectivity index (χ1) is 6.02. The second kappa shape index (κ2) is 4.17. The lowest BCUT2D eigenvalue weighted by atomic mass is 9.79. The van der Waals surface area contributed by atoms with Gasteiger partial charge in [0.25, 0.3) is 0 Å². The molecule has 0 aromatic heterocycles. The third-order valence-corrected chi connectivity index (χ3v) is 2.89. The average molecular weight is 204 g/mol. The van der Waals surface area contributed by atoms with Crippen molar-refractivity contribution in [3.05, 3.63) is 0 Å². The van der Waals surface area contributed by atoms with Gasteiger partial charge in [-0.15, -0.1) is 0 Å². The SMILES string of the molecule is CCC(C)(O)OOC(C)(C)C(C)(C)C. The molecular weight excluding hydrogens is 180 g/mol. The lowest BCUT2D eigenvalue weighted by Crippen LogP contribution is -2.42. The maximum absolute atomic E-state index is 9.61. The van der Waals surface area contributed by atoms with Crippen LogP contribution in [-0.4, -0.2) is 16.5 Å². The molecule has 0 rings (SSSR count). The zero-order chi connectivity index (χ0) is 11.6. The van der Waals surface area contributed by atoms with Crippen molar-refractivity contribution in [1.82, 2.24) is 0 Å². The fourth-order valence-electron chi connectivity index (χ4n) is 0.378. The van der Waals surface area contributed by atoms with E-state index in [9.17, 15) is 5.11 Å². The second-order valence-electron chi connectivity index (χ2n) is 5.46. The summed E-state index contributed by atoms with van der Waals surface area (Å²) in [6.45, 7) is 13.5. The van der Waals surface area contributed by atoms with Crippen LogP contribution in [0.5, 0.6) is 0 Å². The molecule has 14 heavy (non-hydrogen) atoms. The first-order valence-corrected chi connectivity index (χ1v) is 5.11. The minimum absolute atomic E-state index is 0.0448. The molecule has 0 heterocycles. The topological polar surface area (TPSA) is 38.7 Å². The van der Waals surface area contributed by atoms with Gasteiger partial charge in [-0.1, -0.05) is 27.7 Å². The van der Waals surface area contributed by atoms with Gasteiger partial charge in [0.2, 0.25) is 0 Å². The number of hydrogen-bond donors (Lipinski definition) is 1. The fraction of sp³-hybridized carbons (Fsp3) is 1.00. The molecule has 86 valence electrons. The van der Waals surface area contributed by atoms with Crippen molar-refractivity contribution in [2.75, 3.05) is 0 Å². The molecule has 0 aliphatic rings. The smallest absolute Gasteiger partial charge is 0.196 e. The molecule has 0 fully saturated rings. The van der Waals surface area contributed by atoms with E-state index in [1.807, 2.05) is 20.8 Å². The molecule has 0 saturated heterocycles. The number of aliphatic hydroxyl groups is 1. The van der Waals surface area contributed by atoms with Crippen molar-refractivity contribution in [1.29, 1.82) is 0 Å². The van der Waals surface area contributed by atoms with Gasteiger partial charge < -0.3 is 5.11 Å². The Hall–Kier alpha value is -0.120. The van der Waals surface area contributed by atoms with Crippen LogP contribution >= 0.6 is 0 Å².